The molecule has 0 bridgehead atoms. The normalized spacial score (nSPS) is 17.9. The Morgan fingerprint density at radius 3 is 2.05 bits per heavy atom. The second kappa shape index (κ2) is 7.83. The molecule has 3 nitrogen and oxygen atoms in total. The van der Waals surface area contributed by atoms with Crippen molar-refractivity contribution in [1.82, 2.24) is 0 Å². The van der Waals surface area contributed by atoms with Gasteiger partial charge in [-0.05, 0) is 30.7 Å². The molecule has 0 N–H and O–H groups in total. The number of hydrogen-bond donors (Lipinski definition) is 1. The quantitative estimate of drug-likeness (QED) is 0.625. The van der Waals surface area contributed by atoms with E-state index in [9.17, 15) is 0 Å². The van der Waals surface area contributed by atoms with Gasteiger partial charge in [0, 0.05) is 5.41 Å². The summed E-state index contributed by atoms with van der Waals surface area (Å²) in [4.78, 5) is 0. The zero-order chi connectivity index (χ0) is 15.1. The third-order valence-corrected chi connectivity index (χ3v) is 5.08. The van der Waals surface area contributed by atoms with E-state index < -0.39 is 0 Å². The van der Waals surface area contributed by atoms with E-state index in [4.69, 9.17) is 14.2 Å². The summed E-state index contributed by atoms with van der Waals surface area (Å²) in [5.41, 5.74) is 0.172. The minimum Gasteiger partial charge on any atom is -0.493 e. The van der Waals surface area contributed by atoms with Gasteiger partial charge in [0.1, 0.15) is 0 Å². The number of ether oxygens (including phenoxy) is 3. The van der Waals surface area contributed by atoms with Gasteiger partial charge in [0.25, 0.3) is 0 Å². The van der Waals surface area contributed by atoms with E-state index in [0.717, 1.165) is 17.3 Å². The summed E-state index contributed by atoms with van der Waals surface area (Å²) in [7, 11) is 3.31. The van der Waals surface area contributed by atoms with Crippen LogP contribution in [0.4, 0.5) is 0 Å². The molecule has 1 aromatic carbocycles. The molecule has 0 radical (unpaired) electrons. The van der Waals surface area contributed by atoms with Crippen molar-refractivity contribution < 1.29 is 14.2 Å². The molecule has 1 saturated carbocycles. The fourth-order valence-electron chi connectivity index (χ4n) is 3.01. The molecule has 1 aliphatic carbocycles. The number of thiol groups is 1. The maximum atomic E-state index is 6.14. The summed E-state index contributed by atoms with van der Waals surface area (Å²) in [5, 5.41) is 0. The first-order valence-corrected chi connectivity index (χ1v) is 8.32. The zero-order valence-corrected chi connectivity index (χ0v) is 14.0. The van der Waals surface area contributed by atoms with Gasteiger partial charge < -0.3 is 14.2 Å². The van der Waals surface area contributed by atoms with Crippen molar-refractivity contribution in [1.29, 1.82) is 0 Å². The van der Waals surface area contributed by atoms with Crippen molar-refractivity contribution in [3.63, 3.8) is 0 Å². The van der Waals surface area contributed by atoms with Crippen molar-refractivity contribution in [2.75, 3.05) is 26.6 Å². The molecule has 0 atom stereocenters. The van der Waals surface area contributed by atoms with Crippen LogP contribution in [0, 0.1) is 5.41 Å². The molecule has 0 heterocycles. The Morgan fingerprint density at radius 1 is 1.00 bits per heavy atom. The molecule has 0 aromatic heterocycles. The lowest BCUT2D eigenvalue weighted by molar-refractivity contribution is 0.141. The summed E-state index contributed by atoms with van der Waals surface area (Å²) in [5.74, 6) is 3.01. The van der Waals surface area contributed by atoms with Gasteiger partial charge >= 0.3 is 0 Å². The van der Waals surface area contributed by atoms with Gasteiger partial charge in [-0.25, -0.2) is 0 Å². The highest BCUT2D eigenvalue weighted by Crippen LogP contribution is 2.41. The Morgan fingerprint density at radius 2 is 1.57 bits per heavy atom. The van der Waals surface area contributed by atoms with Gasteiger partial charge in [-0.15, -0.1) is 0 Å². The van der Waals surface area contributed by atoms with Crippen molar-refractivity contribution in [3.8, 4) is 17.2 Å². The molecule has 1 fully saturated rings. The molecular formula is C17H26O3S. The third-order valence-electron chi connectivity index (χ3n) is 4.40. The molecule has 21 heavy (non-hydrogen) atoms. The zero-order valence-electron chi connectivity index (χ0n) is 13.1. The number of rotatable bonds is 6. The number of para-hydroxylation sites is 1. The molecule has 1 aliphatic rings. The van der Waals surface area contributed by atoms with Crippen LogP contribution in [-0.2, 0) is 0 Å². The molecule has 0 spiro atoms. The van der Waals surface area contributed by atoms with E-state index in [0.29, 0.717) is 12.4 Å². The Bertz CT molecular complexity index is 417. The second-order valence-corrected chi connectivity index (χ2v) is 6.17. The van der Waals surface area contributed by atoms with Gasteiger partial charge in [-0.3, -0.25) is 0 Å². The highest BCUT2D eigenvalue weighted by Gasteiger charge is 2.31. The van der Waals surface area contributed by atoms with E-state index >= 15 is 0 Å². The van der Waals surface area contributed by atoms with E-state index in [-0.39, 0.29) is 5.41 Å². The number of hydrogen-bond acceptors (Lipinski definition) is 4. The Balaban J connectivity index is 2.13. The predicted octanol–water partition coefficient (Wildman–Crippen LogP) is 4.35. The summed E-state index contributed by atoms with van der Waals surface area (Å²) in [6.07, 6.45) is 7.57. The number of methoxy groups -OCH3 is 2. The molecule has 0 saturated heterocycles. The fourth-order valence-corrected chi connectivity index (χ4v) is 3.42. The highest BCUT2D eigenvalue weighted by atomic mass is 32.1. The minimum absolute atomic E-state index is 0.172. The maximum absolute atomic E-state index is 6.14. The molecular weight excluding hydrogens is 284 g/mol. The molecule has 2 rings (SSSR count). The monoisotopic (exact) mass is 310 g/mol. The van der Waals surface area contributed by atoms with E-state index in [2.05, 4.69) is 12.6 Å². The van der Waals surface area contributed by atoms with Crippen LogP contribution in [0.5, 0.6) is 17.2 Å². The number of benzene rings is 1. The van der Waals surface area contributed by atoms with Crippen molar-refractivity contribution in [2.24, 2.45) is 5.41 Å². The van der Waals surface area contributed by atoms with Crippen LogP contribution < -0.4 is 14.2 Å². The van der Waals surface area contributed by atoms with Crippen LogP contribution in [0.25, 0.3) is 0 Å². The van der Waals surface area contributed by atoms with Crippen LogP contribution in [0.1, 0.15) is 38.5 Å². The second-order valence-electron chi connectivity index (χ2n) is 5.85. The molecule has 0 amide bonds. The van der Waals surface area contributed by atoms with E-state index in [1.807, 2.05) is 18.2 Å². The lowest BCUT2D eigenvalue weighted by Crippen LogP contribution is -2.30. The Kier molecular flexibility index (Phi) is 6.09. The van der Waals surface area contributed by atoms with E-state index in [1.165, 1.54) is 38.5 Å². The van der Waals surface area contributed by atoms with E-state index in [1.54, 1.807) is 14.2 Å². The van der Waals surface area contributed by atoms with Crippen LogP contribution in [0.2, 0.25) is 0 Å². The summed E-state index contributed by atoms with van der Waals surface area (Å²) in [6, 6.07) is 5.71. The third kappa shape index (κ3) is 4.00. The summed E-state index contributed by atoms with van der Waals surface area (Å²) in [6.45, 7) is 0.674. The average Bonchev–Trinajstić information content (AvgIpc) is 2.78. The molecule has 0 aliphatic heterocycles. The largest absolute Gasteiger partial charge is 0.493 e. The lowest BCUT2D eigenvalue weighted by Gasteiger charge is -2.31. The van der Waals surface area contributed by atoms with Gasteiger partial charge in [-0.1, -0.05) is 31.7 Å². The summed E-state index contributed by atoms with van der Waals surface area (Å²) < 4.78 is 16.9. The molecule has 4 heteroatoms. The Labute approximate surface area is 133 Å². The van der Waals surface area contributed by atoms with Gasteiger partial charge in [0.2, 0.25) is 5.75 Å². The highest BCUT2D eigenvalue weighted by molar-refractivity contribution is 7.80. The lowest BCUT2D eigenvalue weighted by atomic mass is 9.83. The maximum Gasteiger partial charge on any atom is 0.203 e. The summed E-state index contributed by atoms with van der Waals surface area (Å²) >= 11 is 4.60. The predicted molar refractivity (Wildman–Crippen MR) is 89.0 cm³/mol. The van der Waals surface area contributed by atoms with Crippen LogP contribution in [0.3, 0.4) is 0 Å². The van der Waals surface area contributed by atoms with Crippen LogP contribution >= 0.6 is 12.6 Å². The van der Waals surface area contributed by atoms with Gasteiger partial charge in [-0.2, -0.15) is 12.6 Å². The van der Waals surface area contributed by atoms with Crippen LogP contribution in [0.15, 0.2) is 18.2 Å². The Hall–Kier alpha value is -1.03. The van der Waals surface area contributed by atoms with Crippen molar-refractivity contribution in [3.05, 3.63) is 18.2 Å². The molecule has 118 valence electrons. The molecule has 0 unspecified atom stereocenters. The first-order valence-electron chi connectivity index (χ1n) is 7.69. The fraction of sp³-hybridized carbons (Fsp3) is 0.647. The standard InChI is InChI=1S/C17H26O3S/c1-18-14-8-7-9-15(19-2)16(14)20-12-17(13-21)10-5-3-4-6-11-17/h7-9,21H,3-6,10-13H2,1-2H3. The smallest absolute Gasteiger partial charge is 0.203 e. The van der Waals surface area contributed by atoms with Crippen molar-refractivity contribution in [2.45, 2.75) is 38.5 Å². The first kappa shape index (κ1) is 16.3. The first-order chi connectivity index (χ1) is 10.2. The SMILES string of the molecule is COc1cccc(OC)c1OCC1(CS)CCCCCC1. The topological polar surface area (TPSA) is 27.7 Å². The van der Waals surface area contributed by atoms with Gasteiger partial charge in [0.05, 0.1) is 20.8 Å². The van der Waals surface area contributed by atoms with Gasteiger partial charge in [0.15, 0.2) is 11.5 Å². The van der Waals surface area contributed by atoms with Crippen molar-refractivity contribution >= 4 is 12.6 Å². The minimum atomic E-state index is 0.172. The molecule has 1 aromatic rings. The van der Waals surface area contributed by atoms with Crippen LogP contribution in [-0.4, -0.2) is 26.6 Å². The average molecular weight is 310 g/mol.